The predicted molar refractivity (Wildman–Crippen MR) is 140 cm³/mol. The Morgan fingerprint density at radius 3 is 2.86 bits per heavy atom. The van der Waals surface area contributed by atoms with Crippen LogP contribution in [0.5, 0.6) is 0 Å². The number of nitrogens with zero attached hydrogens (tertiary/aromatic N) is 4. The van der Waals surface area contributed by atoms with Gasteiger partial charge < -0.3 is 26.0 Å². The summed E-state index contributed by atoms with van der Waals surface area (Å²) in [4.78, 5) is 26.6. The molecule has 1 atom stereocenters. The summed E-state index contributed by atoms with van der Waals surface area (Å²) in [5.74, 6) is 0.948. The van der Waals surface area contributed by atoms with E-state index in [2.05, 4.69) is 36.2 Å². The standard InChI is InChI=1S/C25H33ClN8O2/c1-17-13-29-25(31-20-6-10-36-11-7-20)33-23(17)34-15-22(30-16-34)24(35)32-21(14-28-9-8-27-2)18-4-3-5-19(26)12-18/h3-5,12-13,15-16,20-21,27-28H,6-11,14H2,1-2H3,(H,32,35)(H,29,31,33)/t21-/m1/s1. The Bertz CT molecular complexity index is 1150. The first-order valence-electron chi connectivity index (χ1n) is 12.2. The van der Waals surface area contributed by atoms with Crippen molar-refractivity contribution in [2.24, 2.45) is 0 Å². The number of amides is 1. The molecule has 0 saturated carbocycles. The van der Waals surface area contributed by atoms with Crippen LogP contribution in [-0.4, -0.2) is 71.4 Å². The van der Waals surface area contributed by atoms with Crippen molar-refractivity contribution in [2.45, 2.75) is 31.8 Å². The van der Waals surface area contributed by atoms with Crippen molar-refractivity contribution in [1.82, 2.24) is 35.5 Å². The van der Waals surface area contributed by atoms with E-state index in [0.29, 0.717) is 29.0 Å². The average molecular weight is 513 g/mol. The topological polar surface area (TPSA) is 118 Å². The van der Waals surface area contributed by atoms with Crippen molar-refractivity contribution in [3.63, 3.8) is 0 Å². The van der Waals surface area contributed by atoms with Crippen LogP contribution in [0.1, 0.15) is 40.5 Å². The summed E-state index contributed by atoms with van der Waals surface area (Å²) >= 11 is 6.20. The van der Waals surface area contributed by atoms with Crippen LogP contribution >= 0.6 is 11.6 Å². The SMILES string of the molecule is CNCCNC[C@@H](NC(=O)c1cn(-c2nc(NC3CCOCC3)ncc2C)cn1)c1cccc(Cl)c1. The van der Waals surface area contributed by atoms with Crippen LogP contribution in [0.2, 0.25) is 5.02 Å². The van der Waals surface area contributed by atoms with E-state index in [1.165, 1.54) is 0 Å². The Morgan fingerprint density at radius 2 is 2.08 bits per heavy atom. The summed E-state index contributed by atoms with van der Waals surface area (Å²) in [5.41, 5.74) is 2.10. The summed E-state index contributed by atoms with van der Waals surface area (Å²) in [6.07, 6.45) is 6.89. The molecule has 3 aromatic rings. The molecule has 10 nitrogen and oxygen atoms in total. The molecule has 2 aromatic heterocycles. The number of benzene rings is 1. The Labute approximate surface area is 216 Å². The van der Waals surface area contributed by atoms with Crippen LogP contribution in [-0.2, 0) is 4.74 Å². The summed E-state index contributed by atoms with van der Waals surface area (Å²) in [6, 6.07) is 7.52. The minimum atomic E-state index is -0.276. The van der Waals surface area contributed by atoms with Gasteiger partial charge in [-0.2, -0.15) is 4.98 Å². The molecule has 1 saturated heterocycles. The molecular weight excluding hydrogens is 480 g/mol. The fourth-order valence-electron chi connectivity index (χ4n) is 4.01. The average Bonchev–Trinajstić information content (AvgIpc) is 3.38. The number of ether oxygens (including phenoxy) is 1. The van der Waals surface area contributed by atoms with Gasteiger partial charge in [0, 0.05) is 61.9 Å². The number of carbonyl (C=O) groups excluding carboxylic acids is 1. The van der Waals surface area contributed by atoms with E-state index in [0.717, 1.165) is 50.3 Å². The van der Waals surface area contributed by atoms with Crippen molar-refractivity contribution in [1.29, 1.82) is 0 Å². The van der Waals surface area contributed by atoms with Gasteiger partial charge in [-0.15, -0.1) is 0 Å². The molecule has 1 aliphatic rings. The molecule has 0 unspecified atom stereocenters. The van der Waals surface area contributed by atoms with Gasteiger partial charge in [0.05, 0.1) is 6.04 Å². The number of halogens is 1. The second-order valence-corrected chi connectivity index (χ2v) is 9.22. The number of likely N-dealkylation sites (N-methyl/N-ethyl adjacent to an activating group) is 1. The van der Waals surface area contributed by atoms with Crippen LogP contribution in [0.3, 0.4) is 0 Å². The molecule has 1 aliphatic heterocycles. The van der Waals surface area contributed by atoms with Crippen LogP contribution in [0.4, 0.5) is 5.95 Å². The molecule has 0 aliphatic carbocycles. The zero-order valence-corrected chi connectivity index (χ0v) is 21.4. The third-order valence-corrected chi connectivity index (χ3v) is 6.25. The van der Waals surface area contributed by atoms with Crippen molar-refractivity contribution in [3.05, 3.63) is 64.8 Å². The second kappa shape index (κ2) is 12.8. The molecule has 1 fully saturated rings. The molecule has 0 radical (unpaired) electrons. The van der Waals surface area contributed by atoms with Crippen LogP contribution in [0.15, 0.2) is 43.0 Å². The predicted octanol–water partition coefficient (Wildman–Crippen LogP) is 2.50. The molecule has 36 heavy (non-hydrogen) atoms. The highest BCUT2D eigenvalue weighted by molar-refractivity contribution is 6.30. The van der Waals surface area contributed by atoms with Gasteiger partial charge in [-0.1, -0.05) is 23.7 Å². The van der Waals surface area contributed by atoms with Gasteiger partial charge in [0.25, 0.3) is 5.91 Å². The fourth-order valence-corrected chi connectivity index (χ4v) is 4.21. The van der Waals surface area contributed by atoms with E-state index in [9.17, 15) is 4.79 Å². The highest BCUT2D eigenvalue weighted by atomic mass is 35.5. The van der Waals surface area contributed by atoms with E-state index in [-0.39, 0.29) is 18.0 Å². The number of carbonyl (C=O) groups is 1. The van der Waals surface area contributed by atoms with E-state index in [1.807, 2.05) is 38.2 Å². The molecule has 0 bridgehead atoms. The maximum Gasteiger partial charge on any atom is 0.272 e. The largest absolute Gasteiger partial charge is 0.381 e. The van der Waals surface area contributed by atoms with Gasteiger partial charge in [-0.05, 0) is 44.5 Å². The first-order valence-corrected chi connectivity index (χ1v) is 12.5. The normalized spacial score (nSPS) is 15.0. The van der Waals surface area contributed by atoms with Gasteiger partial charge in [0.2, 0.25) is 5.95 Å². The number of rotatable bonds is 11. The highest BCUT2D eigenvalue weighted by Gasteiger charge is 2.19. The molecule has 192 valence electrons. The Kier molecular flexibility index (Phi) is 9.23. The molecule has 11 heteroatoms. The first kappa shape index (κ1) is 26.0. The lowest BCUT2D eigenvalue weighted by Gasteiger charge is -2.23. The lowest BCUT2D eigenvalue weighted by molar-refractivity contribution is 0.0903. The number of aromatic nitrogens is 4. The fraction of sp³-hybridized carbons (Fsp3) is 0.440. The molecule has 3 heterocycles. The molecular formula is C25H33ClN8O2. The van der Waals surface area contributed by atoms with Crippen molar-refractivity contribution >= 4 is 23.5 Å². The number of hydrogen-bond acceptors (Lipinski definition) is 8. The molecule has 4 rings (SSSR count). The van der Waals surface area contributed by atoms with Crippen LogP contribution in [0.25, 0.3) is 5.82 Å². The lowest BCUT2D eigenvalue weighted by Crippen LogP contribution is -2.37. The maximum atomic E-state index is 13.1. The third-order valence-electron chi connectivity index (χ3n) is 6.02. The van der Waals surface area contributed by atoms with Gasteiger partial charge in [-0.3, -0.25) is 9.36 Å². The van der Waals surface area contributed by atoms with E-state index >= 15 is 0 Å². The van der Waals surface area contributed by atoms with Gasteiger partial charge in [0.15, 0.2) is 0 Å². The molecule has 1 aromatic carbocycles. The highest BCUT2D eigenvalue weighted by Crippen LogP contribution is 2.19. The number of aryl methyl sites for hydroxylation is 1. The summed E-state index contributed by atoms with van der Waals surface area (Å²) < 4.78 is 7.17. The summed E-state index contributed by atoms with van der Waals surface area (Å²) in [6.45, 7) is 5.55. The zero-order valence-electron chi connectivity index (χ0n) is 20.6. The molecule has 0 spiro atoms. The van der Waals surface area contributed by atoms with Crippen LogP contribution in [0, 0.1) is 6.92 Å². The number of imidazole rings is 1. The number of anilines is 1. The molecule has 1 amide bonds. The minimum absolute atomic E-state index is 0.269. The first-order chi connectivity index (χ1) is 17.5. The second-order valence-electron chi connectivity index (χ2n) is 8.79. The van der Waals surface area contributed by atoms with E-state index in [1.54, 1.807) is 23.3 Å². The zero-order chi connectivity index (χ0) is 25.3. The third kappa shape index (κ3) is 7.01. The Morgan fingerprint density at radius 1 is 1.25 bits per heavy atom. The summed E-state index contributed by atoms with van der Waals surface area (Å²) in [5, 5.41) is 13.6. The minimum Gasteiger partial charge on any atom is -0.381 e. The quantitative estimate of drug-likeness (QED) is 0.289. The maximum absolute atomic E-state index is 13.1. The van der Waals surface area contributed by atoms with Gasteiger partial charge in [0.1, 0.15) is 17.8 Å². The molecule has 4 N–H and O–H groups in total. The van der Waals surface area contributed by atoms with Crippen molar-refractivity contribution in [2.75, 3.05) is 45.2 Å². The van der Waals surface area contributed by atoms with Gasteiger partial charge in [-0.25, -0.2) is 9.97 Å². The van der Waals surface area contributed by atoms with Crippen molar-refractivity contribution < 1.29 is 9.53 Å². The van der Waals surface area contributed by atoms with Crippen molar-refractivity contribution in [3.8, 4) is 5.82 Å². The lowest BCUT2D eigenvalue weighted by atomic mass is 10.1. The Hall–Kier alpha value is -3.05. The number of hydrogen-bond donors (Lipinski definition) is 4. The summed E-state index contributed by atoms with van der Waals surface area (Å²) in [7, 11) is 1.90. The van der Waals surface area contributed by atoms with Gasteiger partial charge >= 0.3 is 0 Å². The Balaban J connectivity index is 1.47. The number of nitrogens with one attached hydrogen (secondary N) is 4. The van der Waals surface area contributed by atoms with Crippen LogP contribution < -0.4 is 21.3 Å². The van der Waals surface area contributed by atoms with E-state index in [4.69, 9.17) is 16.3 Å². The smallest absolute Gasteiger partial charge is 0.272 e. The van der Waals surface area contributed by atoms with E-state index < -0.39 is 0 Å². The monoisotopic (exact) mass is 512 g/mol.